The number of hydrogen-bond donors (Lipinski definition) is 2. The van der Waals surface area contributed by atoms with E-state index >= 15 is 0 Å². The van der Waals surface area contributed by atoms with Crippen LogP contribution in [0.2, 0.25) is 0 Å². The summed E-state index contributed by atoms with van der Waals surface area (Å²) in [5.74, 6) is 1.15. The van der Waals surface area contributed by atoms with Crippen LogP contribution >= 0.6 is 34.4 Å². The maximum atomic E-state index is 12.3. The van der Waals surface area contributed by atoms with Crippen LogP contribution < -0.4 is 15.4 Å². The number of para-hydroxylation sites is 1. The molecule has 174 valence electrons. The van der Waals surface area contributed by atoms with E-state index in [1.807, 2.05) is 57.2 Å². The number of thioether (sulfide) groups is 1. The molecule has 0 aliphatic carbocycles. The molecule has 1 heterocycles. The number of halogens is 1. The number of aromatic nitrogens is 3. The first-order valence-corrected chi connectivity index (χ1v) is 12.3. The fraction of sp³-hybridized carbons (Fsp3) is 0.304. The largest absolute Gasteiger partial charge is 0.483 e. The first-order chi connectivity index (χ1) is 15.7. The molecule has 33 heavy (non-hydrogen) atoms. The molecule has 1 aromatic heterocycles. The number of rotatable bonds is 9. The number of ether oxygens (including phenoxy) is 1. The van der Waals surface area contributed by atoms with Gasteiger partial charge >= 0.3 is 0 Å². The minimum absolute atomic E-state index is 0.0801. The van der Waals surface area contributed by atoms with Gasteiger partial charge in [-0.3, -0.25) is 9.59 Å². The zero-order chi connectivity index (χ0) is 24.0. The number of aryl methyl sites for hydroxylation is 3. The van der Waals surface area contributed by atoms with E-state index in [1.54, 1.807) is 11.6 Å². The Balaban J connectivity index is 1.47. The number of anilines is 1. The summed E-state index contributed by atoms with van der Waals surface area (Å²) in [6.07, 6.45) is 0. The third-order valence-corrected chi connectivity index (χ3v) is 6.61. The minimum atomic E-state index is -0.248. The van der Waals surface area contributed by atoms with Crippen LogP contribution in [-0.4, -0.2) is 38.9 Å². The van der Waals surface area contributed by atoms with Gasteiger partial charge in [0, 0.05) is 16.3 Å². The molecule has 0 bridgehead atoms. The number of amides is 2. The number of carbonyl (C=O) groups excluding carboxylic acids is 2. The summed E-state index contributed by atoms with van der Waals surface area (Å²) in [6, 6.07) is 11.7. The van der Waals surface area contributed by atoms with Crippen molar-refractivity contribution in [3.05, 3.63) is 62.5 Å². The number of nitrogens with zero attached hydrogens (tertiary/aromatic N) is 3. The molecular formula is C23H26IN5O3S. The van der Waals surface area contributed by atoms with E-state index in [4.69, 9.17) is 4.74 Å². The SMILES string of the molecule is Cc1cc(I)ccc1NC(=O)CSc1nnc(CNC(=O)COc2c(C)cccc2C)n1C. The van der Waals surface area contributed by atoms with E-state index in [9.17, 15) is 9.59 Å². The van der Waals surface area contributed by atoms with E-state index in [2.05, 4.69) is 43.4 Å². The lowest BCUT2D eigenvalue weighted by molar-refractivity contribution is -0.123. The lowest BCUT2D eigenvalue weighted by Crippen LogP contribution is -2.29. The van der Waals surface area contributed by atoms with Gasteiger partial charge in [0.05, 0.1) is 12.3 Å². The fourth-order valence-electron chi connectivity index (χ4n) is 3.10. The fourth-order valence-corrected chi connectivity index (χ4v) is 4.48. The summed E-state index contributed by atoms with van der Waals surface area (Å²) in [5, 5.41) is 14.6. The Kier molecular flexibility index (Phi) is 8.73. The molecular weight excluding hydrogens is 553 g/mol. The second-order valence-electron chi connectivity index (χ2n) is 7.54. The molecule has 3 aromatic rings. The molecule has 0 saturated carbocycles. The van der Waals surface area contributed by atoms with Gasteiger partial charge in [-0.1, -0.05) is 30.0 Å². The lowest BCUT2D eigenvalue weighted by atomic mass is 10.1. The van der Waals surface area contributed by atoms with E-state index in [0.717, 1.165) is 31.7 Å². The quantitative estimate of drug-likeness (QED) is 0.296. The molecule has 3 rings (SSSR count). The Morgan fingerprint density at radius 2 is 1.79 bits per heavy atom. The van der Waals surface area contributed by atoms with Gasteiger partial charge in [0.1, 0.15) is 5.75 Å². The molecule has 0 aliphatic rings. The molecule has 0 radical (unpaired) electrons. The first kappa shape index (κ1) is 25.0. The highest BCUT2D eigenvalue weighted by Crippen LogP contribution is 2.22. The zero-order valence-electron chi connectivity index (χ0n) is 18.9. The number of benzene rings is 2. The standard InChI is InChI=1S/C23H26IN5O3S/c1-14-6-5-7-15(2)22(14)32-12-20(30)25-11-19-27-28-23(29(19)4)33-13-21(31)26-18-9-8-17(24)10-16(18)3/h5-10H,11-13H2,1-4H3,(H,25,30)(H,26,31). The monoisotopic (exact) mass is 579 g/mol. The van der Waals surface area contributed by atoms with Gasteiger partial charge in [0.25, 0.3) is 5.91 Å². The van der Waals surface area contributed by atoms with Crippen LogP contribution in [0.25, 0.3) is 0 Å². The van der Waals surface area contributed by atoms with Crippen LogP contribution in [0.1, 0.15) is 22.5 Å². The normalized spacial score (nSPS) is 10.7. The van der Waals surface area contributed by atoms with Crippen LogP contribution in [0.5, 0.6) is 5.75 Å². The van der Waals surface area contributed by atoms with Crippen LogP contribution in [0, 0.1) is 24.3 Å². The van der Waals surface area contributed by atoms with Crippen LogP contribution in [-0.2, 0) is 23.2 Å². The highest BCUT2D eigenvalue weighted by Gasteiger charge is 2.14. The molecule has 8 nitrogen and oxygen atoms in total. The predicted molar refractivity (Wildman–Crippen MR) is 138 cm³/mol. The van der Waals surface area contributed by atoms with Gasteiger partial charge in [0.15, 0.2) is 17.6 Å². The molecule has 2 aromatic carbocycles. The molecule has 0 aliphatic heterocycles. The first-order valence-electron chi connectivity index (χ1n) is 10.3. The Hall–Kier alpha value is -2.60. The molecule has 0 saturated heterocycles. The van der Waals surface area contributed by atoms with E-state index < -0.39 is 0 Å². The molecule has 10 heteroatoms. The Morgan fingerprint density at radius 1 is 1.06 bits per heavy atom. The van der Waals surface area contributed by atoms with Crippen molar-refractivity contribution >= 4 is 51.9 Å². The van der Waals surface area contributed by atoms with Crippen molar-refractivity contribution in [2.75, 3.05) is 17.7 Å². The second kappa shape index (κ2) is 11.5. The number of nitrogens with one attached hydrogen (secondary N) is 2. The van der Waals surface area contributed by atoms with E-state index in [-0.39, 0.29) is 30.7 Å². The second-order valence-corrected chi connectivity index (χ2v) is 9.73. The van der Waals surface area contributed by atoms with Crippen molar-refractivity contribution in [1.82, 2.24) is 20.1 Å². The van der Waals surface area contributed by atoms with Gasteiger partial charge in [-0.25, -0.2) is 0 Å². The summed E-state index contributed by atoms with van der Waals surface area (Å²) in [4.78, 5) is 24.5. The van der Waals surface area contributed by atoms with Crippen LogP contribution in [0.15, 0.2) is 41.6 Å². The molecule has 0 spiro atoms. The molecule has 0 fully saturated rings. The van der Waals surface area contributed by atoms with Gasteiger partial charge in [-0.2, -0.15) is 0 Å². The molecule has 0 atom stereocenters. The summed E-state index contributed by atoms with van der Waals surface area (Å²) < 4.78 is 8.56. The minimum Gasteiger partial charge on any atom is -0.483 e. The highest BCUT2D eigenvalue weighted by atomic mass is 127. The highest BCUT2D eigenvalue weighted by molar-refractivity contribution is 14.1. The summed E-state index contributed by atoms with van der Waals surface area (Å²) in [7, 11) is 1.80. The maximum Gasteiger partial charge on any atom is 0.258 e. The molecule has 2 amide bonds. The number of hydrogen-bond acceptors (Lipinski definition) is 6. The van der Waals surface area contributed by atoms with Crippen molar-refractivity contribution in [2.45, 2.75) is 32.5 Å². The topological polar surface area (TPSA) is 98.1 Å². The average Bonchev–Trinajstić information content (AvgIpc) is 3.12. The molecule has 0 unspecified atom stereocenters. The maximum absolute atomic E-state index is 12.3. The van der Waals surface area contributed by atoms with E-state index in [0.29, 0.717) is 11.0 Å². The summed E-state index contributed by atoms with van der Waals surface area (Å²) in [5.41, 5.74) is 3.78. The Labute approximate surface area is 211 Å². The Morgan fingerprint density at radius 3 is 2.48 bits per heavy atom. The van der Waals surface area contributed by atoms with Crippen molar-refractivity contribution in [2.24, 2.45) is 7.05 Å². The molecule has 2 N–H and O–H groups in total. The van der Waals surface area contributed by atoms with Crippen molar-refractivity contribution in [3.8, 4) is 5.75 Å². The predicted octanol–water partition coefficient (Wildman–Crippen LogP) is 3.77. The number of carbonyl (C=O) groups is 2. The summed E-state index contributed by atoms with van der Waals surface area (Å²) >= 11 is 3.53. The lowest BCUT2D eigenvalue weighted by Gasteiger charge is -2.12. The third-order valence-electron chi connectivity index (χ3n) is 4.92. The van der Waals surface area contributed by atoms with Gasteiger partial charge in [0.2, 0.25) is 5.91 Å². The van der Waals surface area contributed by atoms with Crippen molar-refractivity contribution < 1.29 is 14.3 Å². The van der Waals surface area contributed by atoms with Gasteiger partial charge in [-0.15, -0.1) is 10.2 Å². The smallest absolute Gasteiger partial charge is 0.258 e. The van der Waals surface area contributed by atoms with Crippen molar-refractivity contribution in [1.29, 1.82) is 0 Å². The average molecular weight is 579 g/mol. The third kappa shape index (κ3) is 6.94. The summed E-state index contributed by atoms with van der Waals surface area (Å²) in [6.45, 7) is 5.99. The van der Waals surface area contributed by atoms with Crippen molar-refractivity contribution in [3.63, 3.8) is 0 Å². The van der Waals surface area contributed by atoms with E-state index in [1.165, 1.54) is 11.8 Å². The van der Waals surface area contributed by atoms with Gasteiger partial charge < -0.3 is 19.9 Å². The zero-order valence-corrected chi connectivity index (χ0v) is 21.9. The Bertz CT molecular complexity index is 1140. The van der Waals surface area contributed by atoms with Crippen LogP contribution in [0.3, 0.4) is 0 Å². The van der Waals surface area contributed by atoms with Gasteiger partial charge in [-0.05, 0) is 78.3 Å². The van der Waals surface area contributed by atoms with Crippen LogP contribution in [0.4, 0.5) is 5.69 Å².